The molecule has 1 aromatic carbocycles. The minimum atomic E-state index is -0.671. The van der Waals surface area contributed by atoms with Gasteiger partial charge in [-0.3, -0.25) is 0 Å². The minimum Gasteiger partial charge on any atom is -0.493 e. The van der Waals surface area contributed by atoms with E-state index in [1.807, 2.05) is 52.4 Å². The number of Topliss-reactive ketones (excluding diaryl/α,β-unsaturated/α-hetero) is 1. The molecule has 1 heterocycles. The number of fused-ring (bicyclic) bond motifs is 1. The first-order valence-electron chi connectivity index (χ1n) is 9.24. The van der Waals surface area contributed by atoms with Crippen molar-refractivity contribution in [3.8, 4) is 11.5 Å². The molecule has 1 N–H and O–H groups in total. The van der Waals surface area contributed by atoms with Gasteiger partial charge in [0.25, 0.3) is 0 Å². The molecule has 4 nitrogen and oxygen atoms in total. The SMILES string of the molecule is CC.COc1ccccc1OC.[B]C1CC(CCNC)C2[B]C2([B])C1=O. The van der Waals surface area contributed by atoms with E-state index in [1.54, 1.807) is 14.2 Å². The molecule has 1 aromatic rings. The van der Waals surface area contributed by atoms with Crippen LogP contribution >= 0.6 is 0 Å². The molecular formula is C19H29B3NO3. The van der Waals surface area contributed by atoms with Crippen LogP contribution in [0.4, 0.5) is 0 Å². The summed E-state index contributed by atoms with van der Waals surface area (Å²) in [5.74, 6) is 1.98. The zero-order chi connectivity index (χ0) is 19.7. The minimum absolute atomic E-state index is 0.0307. The average molecular weight is 352 g/mol. The molecule has 4 atom stereocenters. The fourth-order valence-corrected chi connectivity index (χ4v) is 3.34. The van der Waals surface area contributed by atoms with Crippen LogP contribution in [0.5, 0.6) is 11.5 Å². The van der Waals surface area contributed by atoms with Crippen molar-refractivity contribution in [2.75, 3.05) is 27.8 Å². The maximum atomic E-state index is 11.6. The first kappa shape index (κ1) is 22.7. The van der Waals surface area contributed by atoms with E-state index in [1.165, 1.54) is 0 Å². The predicted octanol–water partition coefficient (Wildman–Crippen LogP) is 2.66. The number of methoxy groups -OCH3 is 2. The van der Waals surface area contributed by atoms with E-state index in [-0.39, 0.29) is 17.4 Å². The lowest BCUT2D eigenvalue weighted by molar-refractivity contribution is -0.120. The largest absolute Gasteiger partial charge is 0.493 e. The van der Waals surface area contributed by atoms with E-state index in [0.717, 1.165) is 30.9 Å². The highest BCUT2D eigenvalue weighted by Crippen LogP contribution is 2.65. The van der Waals surface area contributed by atoms with Gasteiger partial charge in [-0.2, -0.15) is 0 Å². The Hall–Kier alpha value is -1.36. The zero-order valence-corrected chi connectivity index (χ0v) is 16.6. The summed E-state index contributed by atoms with van der Waals surface area (Å²) >= 11 is 0. The molecule has 2 fully saturated rings. The number of carbonyl (C=O) groups excluding carboxylic acids is 1. The Balaban J connectivity index is 0.000000249. The Kier molecular flexibility index (Phi) is 9.35. The molecular weight excluding hydrogens is 323 g/mol. The highest BCUT2D eigenvalue weighted by Gasteiger charge is 2.61. The molecule has 1 aliphatic carbocycles. The first-order chi connectivity index (χ1) is 12.5. The zero-order valence-electron chi connectivity index (χ0n) is 16.6. The summed E-state index contributed by atoms with van der Waals surface area (Å²) in [6, 6.07) is 7.53. The van der Waals surface area contributed by atoms with Crippen LogP contribution < -0.4 is 14.8 Å². The van der Waals surface area contributed by atoms with Gasteiger partial charge in [-0.25, -0.2) is 0 Å². The normalized spacial score (nSPS) is 28.2. The van der Waals surface area contributed by atoms with Crippen molar-refractivity contribution in [1.82, 2.24) is 5.32 Å². The summed E-state index contributed by atoms with van der Waals surface area (Å²) in [7, 11) is 18.9. The molecule has 7 heteroatoms. The van der Waals surface area contributed by atoms with Crippen LogP contribution in [0.15, 0.2) is 24.3 Å². The van der Waals surface area contributed by atoms with Gasteiger partial charge in [0, 0.05) is 0 Å². The van der Waals surface area contributed by atoms with Gasteiger partial charge in [-0.05, 0) is 55.5 Å². The van der Waals surface area contributed by atoms with Crippen LogP contribution in [0.3, 0.4) is 0 Å². The third kappa shape index (κ3) is 5.32. The molecule has 2 aliphatic rings. The second-order valence-electron chi connectivity index (χ2n) is 6.34. The molecule has 1 saturated heterocycles. The molecule has 4 unspecified atom stereocenters. The second kappa shape index (κ2) is 10.7. The summed E-state index contributed by atoms with van der Waals surface area (Å²) in [6.45, 7) is 4.96. The fraction of sp³-hybridized carbons (Fsp3) is 0.632. The molecule has 1 saturated carbocycles. The van der Waals surface area contributed by atoms with E-state index in [9.17, 15) is 4.79 Å². The maximum absolute atomic E-state index is 11.6. The van der Waals surface area contributed by atoms with E-state index in [2.05, 4.69) is 5.32 Å². The smallest absolute Gasteiger partial charge is 0.160 e. The van der Waals surface area contributed by atoms with E-state index < -0.39 is 5.21 Å². The molecule has 3 rings (SSSR count). The van der Waals surface area contributed by atoms with Crippen LogP contribution in [-0.2, 0) is 4.79 Å². The number of rotatable bonds is 5. The number of ketones is 1. The van der Waals surface area contributed by atoms with Gasteiger partial charge in [0.15, 0.2) is 11.5 Å². The third-order valence-corrected chi connectivity index (χ3v) is 4.78. The summed E-state index contributed by atoms with van der Waals surface area (Å²) in [4.78, 5) is 11.6. The molecule has 1 aliphatic heterocycles. The topological polar surface area (TPSA) is 47.6 Å². The van der Waals surface area contributed by atoms with Crippen molar-refractivity contribution in [1.29, 1.82) is 0 Å². The molecule has 137 valence electrons. The number of hydrogen-bond donors (Lipinski definition) is 1. The lowest BCUT2D eigenvalue weighted by Gasteiger charge is -2.31. The summed E-state index contributed by atoms with van der Waals surface area (Å²) in [5.41, 5.74) is 0. The third-order valence-electron chi connectivity index (χ3n) is 4.78. The van der Waals surface area contributed by atoms with Crippen molar-refractivity contribution in [3.05, 3.63) is 24.3 Å². The molecule has 0 spiro atoms. The highest BCUT2D eigenvalue weighted by atomic mass is 16.5. The second-order valence-corrected chi connectivity index (χ2v) is 6.34. The lowest BCUT2D eigenvalue weighted by Crippen LogP contribution is -2.28. The van der Waals surface area contributed by atoms with Crippen LogP contribution in [0, 0.1) is 5.92 Å². The van der Waals surface area contributed by atoms with Crippen LogP contribution in [0.1, 0.15) is 26.7 Å². The number of benzene rings is 1. The molecule has 0 bridgehead atoms. The molecule has 26 heavy (non-hydrogen) atoms. The Morgan fingerprint density at radius 1 is 1.23 bits per heavy atom. The Morgan fingerprint density at radius 3 is 2.23 bits per heavy atom. The Bertz CT molecular complexity index is 550. The Morgan fingerprint density at radius 2 is 1.77 bits per heavy atom. The van der Waals surface area contributed by atoms with Gasteiger partial charge in [0.1, 0.15) is 13.1 Å². The number of nitrogens with one attached hydrogen (secondary N) is 1. The molecule has 0 aromatic heterocycles. The van der Waals surface area contributed by atoms with Crippen molar-refractivity contribution in [2.24, 2.45) is 5.92 Å². The summed E-state index contributed by atoms with van der Waals surface area (Å²) in [6.07, 6.45) is 1.85. The van der Waals surface area contributed by atoms with Crippen molar-refractivity contribution < 1.29 is 14.3 Å². The van der Waals surface area contributed by atoms with Gasteiger partial charge in [0.2, 0.25) is 0 Å². The maximum Gasteiger partial charge on any atom is 0.160 e. The van der Waals surface area contributed by atoms with Gasteiger partial charge in [0.05, 0.1) is 29.9 Å². The van der Waals surface area contributed by atoms with Crippen LogP contribution in [-0.4, -0.2) is 56.6 Å². The van der Waals surface area contributed by atoms with Gasteiger partial charge in [-0.1, -0.05) is 31.8 Å². The van der Waals surface area contributed by atoms with Crippen LogP contribution in [0.25, 0.3) is 0 Å². The Labute approximate surface area is 161 Å². The van der Waals surface area contributed by atoms with Crippen molar-refractivity contribution >= 4 is 28.8 Å². The molecule has 0 amide bonds. The van der Waals surface area contributed by atoms with E-state index >= 15 is 0 Å². The summed E-state index contributed by atoms with van der Waals surface area (Å²) < 4.78 is 10.0. The highest BCUT2D eigenvalue weighted by molar-refractivity contribution is 6.78. The van der Waals surface area contributed by atoms with Crippen LogP contribution in [0.2, 0.25) is 16.8 Å². The van der Waals surface area contributed by atoms with E-state index in [0.29, 0.717) is 5.92 Å². The monoisotopic (exact) mass is 352 g/mol. The van der Waals surface area contributed by atoms with Gasteiger partial charge >= 0.3 is 0 Å². The van der Waals surface area contributed by atoms with Crippen molar-refractivity contribution in [2.45, 2.75) is 43.5 Å². The number of para-hydroxylation sites is 2. The van der Waals surface area contributed by atoms with E-state index in [4.69, 9.17) is 25.2 Å². The number of carbonyl (C=O) groups is 1. The number of ether oxygens (including phenoxy) is 2. The average Bonchev–Trinajstić information content (AvgIpc) is 3.39. The quantitative estimate of drug-likeness (QED) is 0.828. The van der Waals surface area contributed by atoms with Gasteiger partial charge < -0.3 is 19.6 Å². The fourth-order valence-electron chi connectivity index (χ4n) is 3.34. The molecule has 5 radical (unpaired) electrons. The predicted molar refractivity (Wildman–Crippen MR) is 110 cm³/mol. The first-order valence-corrected chi connectivity index (χ1v) is 9.24. The standard InChI is InChI=1S/C9H13B3NO.C8H10O2.C2H6/c1-13-3-2-5-4-6(10)8(14)9(11)7(5)12-9;1-9-7-5-3-4-6-8(7)10-2;1-2/h5-7,13H,2-4H2,1H3;3-6H,1-2H3;1-2H3. The van der Waals surface area contributed by atoms with Gasteiger partial charge in [-0.15, -0.1) is 0 Å². The lowest BCUT2D eigenvalue weighted by atomic mass is 9.57. The number of hydrogen-bond acceptors (Lipinski definition) is 4. The van der Waals surface area contributed by atoms with Crippen molar-refractivity contribution in [3.63, 3.8) is 0 Å². The summed E-state index contributed by atoms with van der Waals surface area (Å²) in [5, 5.41) is 2.44.